The van der Waals surface area contributed by atoms with Crippen molar-refractivity contribution in [3.63, 3.8) is 0 Å². The van der Waals surface area contributed by atoms with E-state index in [1.807, 2.05) is 0 Å². The molecule has 0 aromatic rings. The van der Waals surface area contributed by atoms with Crippen molar-refractivity contribution in [1.29, 1.82) is 0 Å². The molecular formula is C8H12N2O2. The van der Waals surface area contributed by atoms with Crippen LogP contribution in [-0.4, -0.2) is 28.9 Å². The van der Waals surface area contributed by atoms with Gasteiger partial charge in [0.15, 0.2) is 0 Å². The summed E-state index contributed by atoms with van der Waals surface area (Å²) >= 11 is 0. The van der Waals surface area contributed by atoms with E-state index in [0.29, 0.717) is 6.54 Å². The highest BCUT2D eigenvalue weighted by atomic mass is 16.2. The summed E-state index contributed by atoms with van der Waals surface area (Å²) in [6.45, 7) is 7.32. The first kappa shape index (κ1) is 8.77. The second kappa shape index (κ2) is 2.62. The van der Waals surface area contributed by atoms with Gasteiger partial charge in [-0.15, -0.1) is 6.58 Å². The molecule has 0 saturated carbocycles. The minimum atomic E-state index is -0.745. The molecule has 3 amide bonds. The molecule has 0 aromatic carbocycles. The second-order valence-electron chi connectivity index (χ2n) is 3.22. The van der Waals surface area contributed by atoms with Gasteiger partial charge in [-0.05, 0) is 13.8 Å². The molecular weight excluding hydrogens is 156 g/mol. The SMILES string of the molecule is C=CCN1C(=O)NC(=O)C1(C)C. The van der Waals surface area contributed by atoms with Crippen molar-refractivity contribution >= 4 is 11.9 Å². The first-order valence-corrected chi connectivity index (χ1v) is 3.74. The summed E-state index contributed by atoms with van der Waals surface area (Å²) in [5, 5.41) is 2.24. The maximum absolute atomic E-state index is 11.2. The summed E-state index contributed by atoms with van der Waals surface area (Å²) < 4.78 is 0. The van der Waals surface area contributed by atoms with Gasteiger partial charge in [-0.1, -0.05) is 6.08 Å². The predicted octanol–water partition coefficient (Wildman–Crippen LogP) is 0.503. The highest BCUT2D eigenvalue weighted by Crippen LogP contribution is 2.19. The number of rotatable bonds is 2. The maximum atomic E-state index is 11.2. The third-order valence-corrected chi connectivity index (χ3v) is 2.01. The van der Waals surface area contributed by atoms with E-state index in [1.54, 1.807) is 19.9 Å². The van der Waals surface area contributed by atoms with Crippen LogP contribution in [0.25, 0.3) is 0 Å². The minimum Gasteiger partial charge on any atom is -0.307 e. The van der Waals surface area contributed by atoms with Crippen LogP contribution in [-0.2, 0) is 4.79 Å². The Labute approximate surface area is 71.2 Å². The Bertz CT molecular complexity index is 245. The molecule has 0 aromatic heterocycles. The molecule has 0 aliphatic carbocycles. The molecule has 12 heavy (non-hydrogen) atoms. The lowest BCUT2D eigenvalue weighted by atomic mass is 10.0. The molecule has 1 heterocycles. The van der Waals surface area contributed by atoms with Gasteiger partial charge >= 0.3 is 6.03 Å². The molecule has 4 nitrogen and oxygen atoms in total. The number of carbonyl (C=O) groups is 2. The van der Waals surface area contributed by atoms with E-state index in [9.17, 15) is 9.59 Å². The molecule has 1 aliphatic heterocycles. The van der Waals surface area contributed by atoms with Gasteiger partial charge in [0, 0.05) is 6.54 Å². The zero-order valence-electron chi connectivity index (χ0n) is 7.26. The molecule has 1 N–H and O–H groups in total. The number of hydrogen-bond donors (Lipinski definition) is 1. The van der Waals surface area contributed by atoms with Gasteiger partial charge in [0.1, 0.15) is 5.54 Å². The molecule has 1 rings (SSSR count). The first-order chi connectivity index (χ1) is 5.50. The van der Waals surface area contributed by atoms with Crippen molar-refractivity contribution in [3.05, 3.63) is 12.7 Å². The summed E-state index contributed by atoms with van der Waals surface area (Å²) in [6, 6.07) is -0.343. The summed E-state index contributed by atoms with van der Waals surface area (Å²) in [5.41, 5.74) is -0.745. The van der Waals surface area contributed by atoms with Gasteiger partial charge in [-0.25, -0.2) is 4.79 Å². The highest BCUT2D eigenvalue weighted by molar-refractivity contribution is 6.06. The van der Waals surface area contributed by atoms with Crippen LogP contribution in [0.4, 0.5) is 4.79 Å². The number of nitrogens with zero attached hydrogens (tertiary/aromatic N) is 1. The van der Waals surface area contributed by atoms with Crippen molar-refractivity contribution < 1.29 is 9.59 Å². The van der Waals surface area contributed by atoms with Crippen LogP contribution in [0.2, 0.25) is 0 Å². The standard InChI is InChI=1S/C8H12N2O2/c1-4-5-10-7(12)9-6(11)8(10,2)3/h4H,1,5H2,2-3H3,(H,9,11,12). The van der Waals surface area contributed by atoms with E-state index in [-0.39, 0.29) is 11.9 Å². The number of carbonyl (C=O) groups excluding carboxylic acids is 2. The van der Waals surface area contributed by atoms with Gasteiger partial charge in [0.2, 0.25) is 0 Å². The molecule has 0 atom stereocenters. The summed E-state index contributed by atoms with van der Waals surface area (Å²) in [7, 11) is 0. The monoisotopic (exact) mass is 168 g/mol. The van der Waals surface area contributed by atoms with Crippen molar-refractivity contribution in [2.24, 2.45) is 0 Å². The van der Waals surface area contributed by atoms with Crippen LogP contribution >= 0.6 is 0 Å². The molecule has 1 fully saturated rings. The summed E-state index contributed by atoms with van der Waals surface area (Å²) in [4.78, 5) is 23.8. The highest BCUT2D eigenvalue weighted by Gasteiger charge is 2.44. The van der Waals surface area contributed by atoms with Crippen LogP contribution in [0.3, 0.4) is 0 Å². The van der Waals surface area contributed by atoms with Gasteiger partial charge in [0.25, 0.3) is 5.91 Å². The molecule has 0 radical (unpaired) electrons. The predicted molar refractivity (Wildman–Crippen MR) is 44.5 cm³/mol. The molecule has 0 spiro atoms. The Balaban J connectivity index is 2.90. The van der Waals surface area contributed by atoms with Crippen LogP contribution in [0.5, 0.6) is 0 Å². The quantitative estimate of drug-likeness (QED) is 0.482. The average molecular weight is 168 g/mol. The third kappa shape index (κ3) is 1.09. The zero-order valence-corrected chi connectivity index (χ0v) is 7.26. The molecule has 4 heteroatoms. The largest absolute Gasteiger partial charge is 0.325 e. The van der Waals surface area contributed by atoms with E-state index in [2.05, 4.69) is 11.9 Å². The molecule has 1 aliphatic rings. The molecule has 0 bridgehead atoms. The Morgan fingerprint density at radius 1 is 1.58 bits per heavy atom. The van der Waals surface area contributed by atoms with Crippen LogP contribution in [0, 0.1) is 0 Å². The average Bonchev–Trinajstić information content (AvgIpc) is 2.14. The lowest BCUT2D eigenvalue weighted by Crippen LogP contribution is -2.44. The van der Waals surface area contributed by atoms with Crippen molar-refractivity contribution in [2.45, 2.75) is 19.4 Å². The Morgan fingerprint density at radius 2 is 2.17 bits per heavy atom. The zero-order chi connectivity index (χ0) is 9.35. The molecule has 1 saturated heterocycles. The summed E-state index contributed by atoms with van der Waals surface area (Å²) in [6.07, 6.45) is 1.60. The number of hydrogen-bond acceptors (Lipinski definition) is 2. The number of nitrogens with one attached hydrogen (secondary N) is 1. The fourth-order valence-electron chi connectivity index (χ4n) is 1.13. The molecule has 66 valence electrons. The van der Waals surface area contributed by atoms with Crippen LogP contribution in [0.15, 0.2) is 12.7 Å². The minimum absolute atomic E-state index is 0.255. The van der Waals surface area contributed by atoms with Gasteiger partial charge in [-0.2, -0.15) is 0 Å². The van der Waals surface area contributed by atoms with Crippen molar-refractivity contribution in [2.75, 3.05) is 6.54 Å². The van der Waals surface area contributed by atoms with E-state index < -0.39 is 5.54 Å². The first-order valence-electron chi connectivity index (χ1n) is 3.74. The topological polar surface area (TPSA) is 49.4 Å². The van der Waals surface area contributed by atoms with Gasteiger partial charge < -0.3 is 4.90 Å². The lowest BCUT2D eigenvalue weighted by molar-refractivity contribution is -0.124. The van der Waals surface area contributed by atoms with Gasteiger partial charge in [0.05, 0.1) is 0 Å². The Hall–Kier alpha value is -1.32. The molecule has 0 unspecified atom stereocenters. The Kier molecular flexibility index (Phi) is 1.92. The van der Waals surface area contributed by atoms with E-state index in [0.717, 1.165) is 0 Å². The Morgan fingerprint density at radius 3 is 2.50 bits per heavy atom. The van der Waals surface area contributed by atoms with E-state index in [4.69, 9.17) is 0 Å². The van der Waals surface area contributed by atoms with E-state index in [1.165, 1.54) is 4.90 Å². The summed E-state index contributed by atoms with van der Waals surface area (Å²) in [5.74, 6) is -0.255. The number of amides is 3. The smallest absolute Gasteiger partial charge is 0.307 e. The third-order valence-electron chi connectivity index (χ3n) is 2.01. The fraction of sp³-hybridized carbons (Fsp3) is 0.500. The van der Waals surface area contributed by atoms with Crippen LogP contribution in [0.1, 0.15) is 13.8 Å². The van der Waals surface area contributed by atoms with Crippen molar-refractivity contribution in [3.8, 4) is 0 Å². The van der Waals surface area contributed by atoms with E-state index >= 15 is 0 Å². The van der Waals surface area contributed by atoms with Crippen molar-refractivity contribution in [1.82, 2.24) is 10.2 Å². The second-order valence-corrected chi connectivity index (χ2v) is 3.22. The fourth-order valence-corrected chi connectivity index (χ4v) is 1.13. The van der Waals surface area contributed by atoms with Crippen LogP contribution < -0.4 is 5.32 Å². The van der Waals surface area contributed by atoms with Gasteiger partial charge in [-0.3, -0.25) is 10.1 Å². The number of imide groups is 1. The normalized spacial score (nSPS) is 21.0. The number of urea groups is 1. The maximum Gasteiger partial charge on any atom is 0.325 e. The lowest BCUT2D eigenvalue weighted by Gasteiger charge is -2.26.